The second-order valence-electron chi connectivity index (χ2n) is 5.81. The first-order valence-electron chi connectivity index (χ1n) is 8.17. The Balaban J connectivity index is 3.05. The summed E-state index contributed by atoms with van der Waals surface area (Å²) in [7, 11) is 0. The molecule has 0 aromatic heterocycles. The third-order valence-electron chi connectivity index (χ3n) is 3.95. The molecule has 0 aliphatic heterocycles. The Kier molecular flexibility index (Phi) is 7.86. The molecule has 20 heavy (non-hydrogen) atoms. The first kappa shape index (κ1) is 17.2. The molecule has 0 bridgehead atoms. The van der Waals surface area contributed by atoms with Crippen LogP contribution in [0.2, 0.25) is 0 Å². The van der Waals surface area contributed by atoms with Crippen molar-refractivity contribution in [2.75, 3.05) is 19.6 Å². The molecule has 2 nitrogen and oxygen atoms in total. The molecular formula is C18H32N2. The van der Waals surface area contributed by atoms with E-state index in [4.69, 9.17) is 0 Å². The van der Waals surface area contributed by atoms with Crippen LogP contribution in [-0.2, 0) is 0 Å². The molecule has 0 radical (unpaired) electrons. The largest absolute Gasteiger partial charge is 0.309 e. The highest BCUT2D eigenvalue weighted by Gasteiger charge is 2.29. The lowest BCUT2D eigenvalue weighted by atomic mass is 9.89. The fourth-order valence-corrected chi connectivity index (χ4v) is 3.14. The number of likely N-dealkylation sites (N-methyl/N-ethyl adjacent to an activating group) is 2. The van der Waals surface area contributed by atoms with Gasteiger partial charge >= 0.3 is 0 Å². The number of nitrogens with zero attached hydrogens (tertiary/aromatic N) is 1. The number of rotatable bonds is 9. The number of benzene rings is 1. The summed E-state index contributed by atoms with van der Waals surface area (Å²) < 4.78 is 0. The van der Waals surface area contributed by atoms with E-state index in [1.54, 1.807) is 0 Å². The lowest BCUT2D eigenvalue weighted by molar-refractivity contribution is 0.123. The van der Waals surface area contributed by atoms with Gasteiger partial charge in [0.1, 0.15) is 0 Å². The lowest BCUT2D eigenvalue weighted by Crippen LogP contribution is -2.48. The average Bonchev–Trinajstić information content (AvgIpc) is 2.46. The maximum atomic E-state index is 3.71. The lowest BCUT2D eigenvalue weighted by Gasteiger charge is -2.40. The SMILES string of the molecule is CCCN(CC)C(C(C)C)C(NCC)c1ccccc1. The third kappa shape index (κ3) is 4.60. The third-order valence-corrected chi connectivity index (χ3v) is 3.95. The van der Waals surface area contributed by atoms with Gasteiger partial charge in [-0.2, -0.15) is 0 Å². The summed E-state index contributed by atoms with van der Waals surface area (Å²) in [6, 6.07) is 11.8. The summed E-state index contributed by atoms with van der Waals surface area (Å²) in [5.41, 5.74) is 1.41. The van der Waals surface area contributed by atoms with Gasteiger partial charge in [0.15, 0.2) is 0 Å². The molecule has 0 saturated heterocycles. The summed E-state index contributed by atoms with van der Waals surface area (Å²) in [5, 5.41) is 3.71. The highest BCUT2D eigenvalue weighted by Crippen LogP contribution is 2.26. The fraction of sp³-hybridized carbons (Fsp3) is 0.667. The molecule has 1 rings (SSSR count). The molecule has 0 saturated carbocycles. The van der Waals surface area contributed by atoms with Crippen molar-refractivity contribution in [1.82, 2.24) is 10.2 Å². The van der Waals surface area contributed by atoms with Crippen LogP contribution in [0.4, 0.5) is 0 Å². The topological polar surface area (TPSA) is 15.3 Å². The van der Waals surface area contributed by atoms with E-state index in [-0.39, 0.29) is 0 Å². The Morgan fingerprint density at radius 1 is 1.05 bits per heavy atom. The van der Waals surface area contributed by atoms with Gasteiger partial charge in [0, 0.05) is 12.1 Å². The zero-order valence-corrected chi connectivity index (χ0v) is 13.9. The van der Waals surface area contributed by atoms with Crippen LogP contribution in [-0.4, -0.2) is 30.6 Å². The van der Waals surface area contributed by atoms with Crippen LogP contribution in [0, 0.1) is 5.92 Å². The zero-order chi connectivity index (χ0) is 15.0. The monoisotopic (exact) mass is 276 g/mol. The molecule has 1 N–H and O–H groups in total. The molecule has 0 fully saturated rings. The van der Waals surface area contributed by atoms with E-state index < -0.39 is 0 Å². The molecule has 0 spiro atoms. The van der Waals surface area contributed by atoms with Crippen LogP contribution in [0.1, 0.15) is 52.6 Å². The Morgan fingerprint density at radius 3 is 2.15 bits per heavy atom. The van der Waals surface area contributed by atoms with E-state index in [0.29, 0.717) is 18.0 Å². The van der Waals surface area contributed by atoms with Crippen LogP contribution in [0.5, 0.6) is 0 Å². The van der Waals surface area contributed by atoms with Crippen molar-refractivity contribution in [3.05, 3.63) is 35.9 Å². The van der Waals surface area contributed by atoms with E-state index >= 15 is 0 Å². The Morgan fingerprint density at radius 2 is 1.70 bits per heavy atom. The standard InChI is InChI=1S/C18H32N2/c1-6-14-20(8-3)18(15(4)5)17(19-7-2)16-12-10-9-11-13-16/h9-13,15,17-19H,6-8,14H2,1-5H3. The minimum atomic E-state index is 0.410. The second-order valence-corrected chi connectivity index (χ2v) is 5.81. The van der Waals surface area contributed by atoms with Crippen LogP contribution in [0.15, 0.2) is 30.3 Å². The van der Waals surface area contributed by atoms with E-state index in [2.05, 4.69) is 75.2 Å². The minimum absolute atomic E-state index is 0.410. The summed E-state index contributed by atoms with van der Waals surface area (Å²) in [5.74, 6) is 0.630. The van der Waals surface area contributed by atoms with Crippen LogP contribution in [0.3, 0.4) is 0 Å². The molecule has 0 heterocycles. The maximum Gasteiger partial charge on any atom is 0.0480 e. The Bertz CT molecular complexity index is 348. The van der Waals surface area contributed by atoms with E-state index in [1.807, 2.05) is 0 Å². The molecule has 1 aromatic rings. The number of hydrogen-bond acceptors (Lipinski definition) is 2. The molecule has 0 amide bonds. The van der Waals surface area contributed by atoms with Crippen molar-refractivity contribution in [2.45, 2.75) is 53.1 Å². The quantitative estimate of drug-likeness (QED) is 0.730. The second kappa shape index (κ2) is 9.15. The highest BCUT2D eigenvalue weighted by molar-refractivity contribution is 5.21. The predicted octanol–water partition coefficient (Wildman–Crippen LogP) is 4.09. The van der Waals surface area contributed by atoms with Crippen molar-refractivity contribution in [1.29, 1.82) is 0 Å². The Labute approximate surface area is 125 Å². The van der Waals surface area contributed by atoms with Crippen molar-refractivity contribution in [3.63, 3.8) is 0 Å². The normalized spacial score (nSPS) is 14.8. The summed E-state index contributed by atoms with van der Waals surface area (Å²) in [4.78, 5) is 2.63. The molecule has 114 valence electrons. The van der Waals surface area contributed by atoms with Gasteiger partial charge in [-0.25, -0.2) is 0 Å². The molecule has 0 aliphatic carbocycles. The van der Waals surface area contributed by atoms with Gasteiger partial charge in [-0.15, -0.1) is 0 Å². The first-order chi connectivity index (χ1) is 9.65. The van der Waals surface area contributed by atoms with Gasteiger partial charge in [-0.1, -0.05) is 65.0 Å². The van der Waals surface area contributed by atoms with E-state index in [9.17, 15) is 0 Å². The number of nitrogens with one attached hydrogen (secondary N) is 1. The molecule has 2 heteroatoms. The van der Waals surface area contributed by atoms with Crippen LogP contribution < -0.4 is 5.32 Å². The van der Waals surface area contributed by atoms with E-state index in [1.165, 1.54) is 18.5 Å². The van der Waals surface area contributed by atoms with Gasteiger partial charge in [0.25, 0.3) is 0 Å². The summed E-state index contributed by atoms with van der Waals surface area (Å²) >= 11 is 0. The molecule has 2 atom stereocenters. The summed E-state index contributed by atoms with van der Waals surface area (Å²) in [6.45, 7) is 14.7. The van der Waals surface area contributed by atoms with Crippen molar-refractivity contribution < 1.29 is 0 Å². The van der Waals surface area contributed by atoms with Crippen LogP contribution >= 0.6 is 0 Å². The first-order valence-corrected chi connectivity index (χ1v) is 8.17. The van der Waals surface area contributed by atoms with Crippen LogP contribution in [0.25, 0.3) is 0 Å². The van der Waals surface area contributed by atoms with Gasteiger partial charge in [-0.3, -0.25) is 4.90 Å². The summed E-state index contributed by atoms with van der Waals surface area (Å²) in [6.07, 6.45) is 1.21. The maximum absolute atomic E-state index is 3.71. The van der Waals surface area contributed by atoms with Gasteiger partial charge < -0.3 is 5.32 Å². The average molecular weight is 276 g/mol. The highest BCUT2D eigenvalue weighted by atomic mass is 15.2. The van der Waals surface area contributed by atoms with Gasteiger partial charge in [0.2, 0.25) is 0 Å². The molecule has 1 aromatic carbocycles. The minimum Gasteiger partial charge on any atom is -0.309 e. The fourth-order valence-electron chi connectivity index (χ4n) is 3.14. The van der Waals surface area contributed by atoms with Gasteiger partial charge in [-0.05, 0) is 37.5 Å². The van der Waals surface area contributed by atoms with E-state index in [0.717, 1.165) is 13.1 Å². The van der Waals surface area contributed by atoms with Crippen molar-refractivity contribution in [2.24, 2.45) is 5.92 Å². The van der Waals surface area contributed by atoms with Crippen molar-refractivity contribution >= 4 is 0 Å². The van der Waals surface area contributed by atoms with Gasteiger partial charge in [0.05, 0.1) is 0 Å². The zero-order valence-electron chi connectivity index (χ0n) is 13.9. The molecule has 2 unspecified atom stereocenters. The Hall–Kier alpha value is -0.860. The molecule has 0 aliphatic rings. The number of hydrogen-bond donors (Lipinski definition) is 1. The molecular weight excluding hydrogens is 244 g/mol. The van der Waals surface area contributed by atoms with Crippen molar-refractivity contribution in [3.8, 4) is 0 Å². The smallest absolute Gasteiger partial charge is 0.0480 e. The predicted molar refractivity (Wildman–Crippen MR) is 89.0 cm³/mol.